The standard InChI is InChI=1S/C13H19N7S/c1-9(10-15-5-8-21-10)16-12-17-11(14-2)18-13(19-12)20-6-3-4-7-20/h5,8-9H,3-4,6-7H2,1-2H3,(H2,14,16,17,18,19). The van der Waals surface area contributed by atoms with Crippen LogP contribution in [0.4, 0.5) is 17.8 Å². The third-order valence-corrected chi connectivity index (χ3v) is 4.36. The van der Waals surface area contributed by atoms with Crippen LogP contribution in [0.2, 0.25) is 0 Å². The quantitative estimate of drug-likeness (QED) is 0.876. The Morgan fingerprint density at radius 3 is 2.62 bits per heavy atom. The van der Waals surface area contributed by atoms with Gasteiger partial charge in [-0.2, -0.15) is 15.0 Å². The van der Waals surface area contributed by atoms with Gasteiger partial charge in [0.2, 0.25) is 17.8 Å². The lowest BCUT2D eigenvalue weighted by Gasteiger charge is -2.18. The summed E-state index contributed by atoms with van der Waals surface area (Å²) in [6, 6.07) is 0.0727. The highest BCUT2D eigenvalue weighted by Gasteiger charge is 2.18. The van der Waals surface area contributed by atoms with E-state index >= 15 is 0 Å². The highest BCUT2D eigenvalue weighted by atomic mass is 32.1. The molecule has 0 aromatic carbocycles. The fraction of sp³-hybridized carbons (Fsp3) is 0.538. The average Bonchev–Trinajstić information content (AvgIpc) is 3.19. The molecule has 2 N–H and O–H groups in total. The van der Waals surface area contributed by atoms with Gasteiger partial charge in [0, 0.05) is 31.7 Å². The Hall–Kier alpha value is -1.96. The molecule has 0 aliphatic carbocycles. The molecule has 21 heavy (non-hydrogen) atoms. The summed E-state index contributed by atoms with van der Waals surface area (Å²) in [4.78, 5) is 19.9. The molecule has 0 spiro atoms. The molecule has 0 bridgehead atoms. The number of hydrogen-bond acceptors (Lipinski definition) is 8. The van der Waals surface area contributed by atoms with E-state index in [9.17, 15) is 0 Å². The predicted octanol–water partition coefficient (Wildman–Crippen LogP) is 2.14. The van der Waals surface area contributed by atoms with Crippen molar-refractivity contribution in [2.75, 3.05) is 35.7 Å². The van der Waals surface area contributed by atoms with E-state index in [0.717, 1.165) is 24.0 Å². The van der Waals surface area contributed by atoms with Crippen LogP contribution < -0.4 is 15.5 Å². The molecule has 2 aromatic heterocycles. The minimum absolute atomic E-state index is 0.0727. The summed E-state index contributed by atoms with van der Waals surface area (Å²) in [5.41, 5.74) is 0. The molecule has 1 aliphatic heterocycles. The third kappa shape index (κ3) is 3.21. The molecular weight excluding hydrogens is 286 g/mol. The van der Waals surface area contributed by atoms with E-state index in [0.29, 0.717) is 11.9 Å². The van der Waals surface area contributed by atoms with Gasteiger partial charge in [-0.15, -0.1) is 11.3 Å². The van der Waals surface area contributed by atoms with Crippen LogP contribution in [0, 0.1) is 0 Å². The van der Waals surface area contributed by atoms with Crippen molar-refractivity contribution in [3.8, 4) is 0 Å². The Balaban J connectivity index is 1.81. The lowest BCUT2D eigenvalue weighted by atomic mass is 10.4. The zero-order valence-electron chi connectivity index (χ0n) is 12.2. The molecule has 3 rings (SSSR count). The number of hydrogen-bond donors (Lipinski definition) is 2. The zero-order chi connectivity index (χ0) is 14.7. The predicted molar refractivity (Wildman–Crippen MR) is 85.0 cm³/mol. The van der Waals surface area contributed by atoms with Crippen molar-refractivity contribution in [2.24, 2.45) is 0 Å². The van der Waals surface area contributed by atoms with Gasteiger partial charge < -0.3 is 15.5 Å². The first-order valence-corrected chi connectivity index (χ1v) is 7.99. The topological polar surface area (TPSA) is 78.9 Å². The fourth-order valence-corrected chi connectivity index (χ4v) is 2.95. The maximum Gasteiger partial charge on any atom is 0.231 e. The van der Waals surface area contributed by atoms with Crippen LogP contribution in [0.15, 0.2) is 11.6 Å². The first-order chi connectivity index (χ1) is 10.3. The summed E-state index contributed by atoms with van der Waals surface area (Å²) in [6.45, 7) is 4.07. The van der Waals surface area contributed by atoms with Crippen LogP contribution in [0.1, 0.15) is 30.8 Å². The second-order valence-electron chi connectivity index (χ2n) is 4.96. The van der Waals surface area contributed by atoms with E-state index in [2.05, 4.69) is 42.4 Å². The van der Waals surface area contributed by atoms with Crippen molar-refractivity contribution in [2.45, 2.75) is 25.8 Å². The first kappa shape index (κ1) is 14.0. The number of rotatable bonds is 5. The van der Waals surface area contributed by atoms with E-state index in [1.807, 2.05) is 12.4 Å². The molecule has 3 heterocycles. The van der Waals surface area contributed by atoms with Crippen LogP contribution in [0.25, 0.3) is 0 Å². The van der Waals surface area contributed by atoms with Gasteiger partial charge in [0.05, 0.1) is 6.04 Å². The van der Waals surface area contributed by atoms with E-state index in [-0.39, 0.29) is 6.04 Å². The second kappa shape index (κ2) is 6.21. The van der Waals surface area contributed by atoms with Crippen molar-refractivity contribution in [3.63, 3.8) is 0 Å². The highest BCUT2D eigenvalue weighted by molar-refractivity contribution is 7.09. The molecule has 1 saturated heterocycles. The van der Waals surface area contributed by atoms with Crippen molar-refractivity contribution < 1.29 is 0 Å². The smallest absolute Gasteiger partial charge is 0.231 e. The highest BCUT2D eigenvalue weighted by Crippen LogP contribution is 2.22. The molecule has 2 aromatic rings. The minimum atomic E-state index is 0.0727. The van der Waals surface area contributed by atoms with E-state index in [4.69, 9.17) is 0 Å². The van der Waals surface area contributed by atoms with Gasteiger partial charge in [-0.1, -0.05) is 0 Å². The fourth-order valence-electron chi connectivity index (χ4n) is 2.30. The van der Waals surface area contributed by atoms with E-state index < -0.39 is 0 Å². The summed E-state index contributed by atoms with van der Waals surface area (Å²) < 4.78 is 0. The maximum absolute atomic E-state index is 4.54. The van der Waals surface area contributed by atoms with Gasteiger partial charge in [0.15, 0.2) is 0 Å². The number of nitrogens with zero attached hydrogens (tertiary/aromatic N) is 5. The van der Waals surface area contributed by atoms with Crippen molar-refractivity contribution in [1.29, 1.82) is 0 Å². The Morgan fingerprint density at radius 1 is 1.19 bits per heavy atom. The molecule has 112 valence electrons. The largest absolute Gasteiger partial charge is 0.357 e. The second-order valence-corrected chi connectivity index (χ2v) is 5.89. The monoisotopic (exact) mass is 305 g/mol. The molecule has 7 nitrogen and oxygen atoms in total. The third-order valence-electron chi connectivity index (χ3n) is 3.40. The normalized spacial score (nSPS) is 16.0. The van der Waals surface area contributed by atoms with Crippen LogP contribution in [-0.2, 0) is 0 Å². The lowest BCUT2D eigenvalue weighted by Crippen LogP contribution is -2.22. The van der Waals surface area contributed by atoms with E-state index in [1.54, 1.807) is 17.5 Å². The average molecular weight is 305 g/mol. The Kier molecular flexibility index (Phi) is 4.14. The van der Waals surface area contributed by atoms with Gasteiger partial charge in [0.25, 0.3) is 0 Å². The Bertz CT molecular complexity index is 580. The lowest BCUT2D eigenvalue weighted by molar-refractivity contribution is 0.828. The van der Waals surface area contributed by atoms with Crippen molar-refractivity contribution >= 4 is 29.2 Å². The van der Waals surface area contributed by atoms with Crippen LogP contribution in [-0.4, -0.2) is 40.1 Å². The maximum atomic E-state index is 4.54. The Labute approximate surface area is 127 Å². The molecule has 1 aliphatic rings. The summed E-state index contributed by atoms with van der Waals surface area (Å²) >= 11 is 1.62. The van der Waals surface area contributed by atoms with Gasteiger partial charge >= 0.3 is 0 Å². The minimum Gasteiger partial charge on any atom is -0.357 e. The SMILES string of the molecule is CNc1nc(NC(C)c2nccs2)nc(N2CCCC2)n1. The van der Waals surface area contributed by atoms with Crippen LogP contribution >= 0.6 is 11.3 Å². The number of thiazole rings is 1. The molecule has 0 radical (unpaired) electrons. The number of nitrogens with one attached hydrogen (secondary N) is 2. The number of aromatic nitrogens is 4. The van der Waals surface area contributed by atoms with Gasteiger partial charge in [-0.3, -0.25) is 0 Å². The zero-order valence-corrected chi connectivity index (χ0v) is 13.0. The van der Waals surface area contributed by atoms with Gasteiger partial charge in [-0.25, -0.2) is 4.98 Å². The summed E-state index contributed by atoms with van der Waals surface area (Å²) in [6.07, 6.45) is 4.19. The van der Waals surface area contributed by atoms with Crippen molar-refractivity contribution in [3.05, 3.63) is 16.6 Å². The summed E-state index contributed by atoms with van der Waals surface area (Å²) in [5, 5.41) is 9.28. The van der Waals surface area contributed by atoms with E-state index in [1.165, 1.54) is 12.8 Å². The van der Waals surface area contributed by atoms with Crippen LogP contribution in [0.3, 0.4) is 0 Å². The van der Waals surface area contributed by atoms with Gasteiger partial charge in [-0.05, 0) is 19.8 Å². The molecule has 1 unspecified atom stereocenters. The molecule has 0 saturated carbocycles. The molecule has 0 amide bonds. The first-order valence-electron chi connectivity index (χ1n) is 7.11. The summed E-state index contributed by atoms with van der Waals surface area (Å²) in [5.74, 6) is 1.90. The molecule has 1 fully saturated rings. The summed E-state index contributed by atoms with van der Waals surface area (Å²) in [7, 11) is 1.82. The molecule has 1 atom stereocenters. The van der Waals surface area contributed by atoms with Gasteiger partial charge in [0.1, 0.15) is 5.01 Å². The number of anilines is 3. The Morgan fingerprint density at radius 2 is 1.95 bits per heavy atom. The molecule has 8 heteroatoms. The van der Waals surface area contributed by atoms with Crippen LogP contribution in [0.5, 0.6) is 0 Å². The van der Waals surface area contributed by atoms with Crippen molar-refractivity contribution in [1.82, 2.24) is 19.9 Å². The molecular formula is C13H19N7S.